The molecule has 23 heavy (non-hydrogen) atoms. The third-order valence-electron chi connectivity index (χ3n) is 3.73. The molecule has 1 aromatic carbocycles. The minimum Gasteiger partial charge on any atom is -0.391 e. The largest absolute Gasteiger partial charge is 0.417 e. The van der Waals surface area contributed by atoms with E-state index in [0.29, 0.717) is 11.1 Å². The minimum atomic E-state index is -4.67. The van der Waals surface area contributed by atoms with Crippen molar-refractivity contribution in [3.63, 3.8) is 0 Å². The second-order valence-electron chi connectivity index (χ2n) is 5.69. The zero-order valence-electron chi connectivity index (χ0n) is 12.5. The summed E-state index contributed by atoms with van der Waals surface area (Å²) >= 11 is 5.68. The first kappa shape index (κ1) is 17.8. The molecule has 0 saturated heterocycles. The first-order chi connectivity index (χ1) is 10.7. The Kier molecular flexibility index (Phi) is 5.37. The molecule has 1 aromatic rings. The van der Waals surface area contributed by atoms with E-state index in [2.05, 4.69) is 0 Å². The molecule has 3 nitrogen and oxygen atoms in total. The molecule has 1 fully saturated rings. The van der Waals surface area contributed by atoms with E-state index >= 15 is 0 Å². The number of amides is 1. The summed E-state index contributed by atoms with van der Waals surface area (Å²) in [5.41, 5.74) is -1.17. The van der Waals surface area contributed by atoms with Crippen LogP contribution in [0.3, 0.4) is 0 Å². The Balaban J connectivity index is 2.18. The summed E-state index contributed by atoms with van der Waals surface area (Å²) in [6, 6.07) is 5.10. The number of carbonyl (C=O) groups is 1. The standard InChI is InChI=1S/C16H17ClF3NO2/c1-21(9-14(22)11-2-3-11)15(23)8-13(16(18,19)20)10-4-6-12(17)7-5-10/h4-8,11,14,22H,2-3,9H2,1H3/b13-8-. The lowest BCUT2D eigenvalue weighted by molar-refractivity contribution is -0.126. The highest BCUT2D eigenvalue weighted by molar-refractivity contribution is 6.30. The molecule has 1 N–H and O–H groups in total. The van der Waals surface area contributed by atoms with Crippen LogP contribution in [0.4, 0.5) is 13.2 Å². The van der Waals surface area contributed by atoms with Crippen molar-refractivity contribution in [3.8, 4) is 0 Å². The van der Waals surface area contributed by atoms with Crippen LogP contribution < -0.4 is 0 Å². The van der Waals surface area contributed by atoms with Crippen molar-refractivity contribution in [2.75, 3.05) is 13.6 Å². The molecule has 1 aliphatic carbocycles. The van der Waals surface area contributed by atoms with Gasteiger partial charge in [-0.2, -0.15) is 13.2 Å². The number of allylic oxidation sites excluding steroid dienone is 1. The summed E-state index contributed by atoms with van der Waals surface area (Å²) in [6.07, 6.45) is -3.03. The van der Waals surface area contributed by atoms with Crippen LogP contribution in [0.2, 0.25) is 5.02 Å². The molecular weight excluding hydrogens is 331 g/mol. The molecule has 1 amide bonds. The highest BCUT2D eigenvalue weighted by Gasteiger charge is 2.36. The number of hydrogen-bond donors (Lipinski definition) is 1. The number of hydrogen-bond acceptors (Lipinski definition) is 2. The van der Waals surface area contributed by atoms with Crippen molar-refractivity contribution in [2.24, 2.45) is 5.92 Å². The fourth-order valence-corrected chi connectivity index (χ4v) is 2.32. The monoisotopic (exact) mass is 347 g/mol. The van der Waals surface area contributed by atoms with Crippen molar-refractivity contribution < 1.29 is 23.1 Å². The Labute approximate surface area is 137 Å². The first-order valence-electron chi connectivity index (χ1n) is 7.16. The lowest BCUT2D eigenvalue weighted by atomic mass is 10.0. The van der Waals surface area contributed by atoms with Crippen LogP contribution in [-0.2, 0) is 4.79 Å². The first-order valence-corrected chi connectivity index (χ1v) is 7.54. The van der Waals surface area contributed by atoms with Gasteiger partial charge in [0.2, 0.25) is 5.91 Å². The molecule has 126 valence electrons. The Hall–Kier alpha value is -1.53. The Bertz CT molecular complexity index is 594. The van der Waals surface area contributed by atoms with E-state index in [1.807, 2.05) is 0 Å². The van der Waals surface area contributed by atoms with Gasteiger partial charge in [0.1, 0.15) is 0 Å². The normalized spacial score (nSPS) is 17.0. The summed E-state index contributed by atoms with van der Waals surface area (Å²) in [5, 5.41) is 10.1. The highest BCUT2D eigenvalue weighted by atomic mass is 35.5. The highest BCUT2D eigenvalue weighted by Crippen LogP contribution is 2.35. The lowest BCUT2D eigenvalue weighted by Crippen LogP contribution is -2.34. The van der Waals surface area contributed by atoms with Gasteiger partial charge in [0.15, 0.2) is 0 Å². The van der Waals surface area contributed by atoms with Crippen LogP contribution in [0.25, 0.3) is 5.57 Å². The van der Waals surface area contributed by atoms with Crippen LogP contribution >= 0.6 is 11.6 Å². The van der Waals surface area contributed by atoms with Gasteiger partial charge in [0.05, 0.1) is 11.7 Å². The smallest absolute Gasteiger partial charge is 0.391 e. The Morgan fingerprint density at radius 1 is 1.39 bits per heavy atom. The summed E-state index contributed by atoms with van der Waals surface area (Å²) in [7, 11) is 1.38. The second kappa shape index (κ2) is 6.93. The van der Waals surface area contributed by atoms with Gasteiger partial charge < -0.3 is 10.0 Å². The fourth-order valence-electron chi connectivity index (χ4n) is 2.19. The maximum absolute atomic E-state index is 13.2. The Morgan fingerprint density at radius 2 is 1.96 bits per heavy atom. The number of benzene rings is 1. The van der Waals surface area contributed by atoms with E-state index in [-0.39, 0.29) is 18.0 Å². The van der Waals surface area contributed by atoms with Crippen molar-refractivity contribution in [3.05, 3.63) is 40.9 Å². The number of aliphatic hydroxyl groups excluding tert-OH is 1. The summed E-state index contributed by atoms with van der Waals surface area (Å²) < 4.78 is 39.6. The van der Waals surface area contributed by atoms with E-state index in [1.54, 1.807) is 0 Å². The lowest BCUT2D eigenvalue weighted by Gasteiger charge is -2.20. The van der Waals surface area contributed by atoms with E-state index in [1.165, 1.54) is 31.3 Å². The van der Waals surface area contributed by atoms with Gasteiger partial charge in [0.25, 0.3) is 0 Å². The number of nitrogens with zero attached hydrogens (tertiary/aromatic N) is 1. The molecule has 1 aliphatic rings. The molecule has 0 spiro atoms. The number of rotatable bonds is 5. The van der Waals surface area contributed by atoms with Crippen molar-refractivity contribution >= 4 is 23.1 Å². The second-order valence-corrected chi connectivity index (χ2v) is 6.12. The van der Waals surface area contributed by atoms with Gasteiger partial charge in [0, 0.05) is 24.7 Å². The molecule has 0 radical (unpaired) electrons. The minimum absolute atomic E-state index is 0.0196. The fraction of sp³-hybridized carbons (Fsp3) is 0.438. The molecule has 2 rings (SSSR count). The topological polar surface area (TPSA) is 40.5 Å². The molecule has 0 heterocycles. The quantitative estimate of drug-likeness (QED) is 0.828. The summed E-state index contributed by atoms with van der Waals surface area (Å²) in [6.45, 7) is 0.0196. The van der Waals surface area contributed by atoms with Crippen LogP contribution in [0, 0.1) is 5.92 Å². The van der Waals surface area contributed by atoms with E-state index in [4.69, 9.17) is 11.6 Å². The maximum atomic E-state index is 13.2. The molecule has 0 aromatic heterocycles. The molecule has 1 saturated carbocycles. The van der Waals surface area contributed by atoms with Crippen LogP contribution in [0.15, 0.2) is 30.3 Å². The number of halogens is 4. The predicted octanol–water partition coefficient (Wildman–Crippen LogP) is 3.52. The van der Waals surface area contributed by atoms with Crippen molar-refractivity contribution in [2.45, 2.75) is 25.1 Å². The summed E-state index contributed by atoms with van der Waals surface area (Å²) in [5.74, 6) is -0.653. The number of likely N-dealkylation sites (N-methyl/N-ethyl adjacent to an activating group) is 1. The molecule has 1 unspecified atom stereocenters. The van der Waals surface area contributed by atoms with Gasteiger partial charge in [-0.05, 0) is 36.5 Å². The zero-order valence-corrected chi connectivity index (χ0v) is 13.2. The van der Waals surface area contributed by atoms with E-state index in [0.717, 1.165) is 17.7 Å². The van der Waals surface area contributed by atoms with E-state index < -0.39 is 23.8 Å². The van der Waals surface area contributed by atoms with Gasteiger partial charge >= 0.3 is 6.18 Å². The predicted molar refractivity (Wildman–Crippen MR) is 81.9 cm³/mol. The maximum Gasteiger partial charge on any atom is 0.417 e. The van der Waals surface area contributed by atoms with Crippen LogP contribution in [0.1, 0.15) is 18.4 Å². The SMILES string of the molecule is CN(CC(O)C1CC1)C(=O)/C=C(/c1ccc(Cl)cc1)C(F)(F)F. The molecule has 7 heteroatoms. The Morgan fingerprint density at radius 3 is 2.43 bits per heavy atom. The van der Waals surface area contributed by atoms with Gasteiger partial charge in [-0.1, -0.05) is 23.7 Å². The third-order valence-corrected chi connectivity index (χ3v) is 3.98. The molecule has 1 atom stereocenters. The van der Waals surface area contributed by atoms with Crippen LogP contribution in [0.5, 0.6) is 0 Å². The third kappa shape index (κ3) is 4.97. The number of carbonyl (C=O) groups excluding carboxylic acids is 1. The molecule has 0 aliphatic heterocycles. The van der Waals surface area contributed by atoms with Gasteiger partial charge in [-0.15, -0.1) is 0 Å². The summed E-state index contributed by atoms with van der Waals surface area (Å²) in [4.78, 5) is 13.1. The molecule has 0 bridgehead atoms. The average molecular weight is 348 g/mol. The van der Waals surface area contributed by atoms with Gasteiger partial charge in [-0.3, -0.25) is 4.79 Å². The van der Waals surface area contributed by atoms with Gasteiger partial charge in [-0.25, -0.2) is 0 Å². The van der Waals surface area contributed by atoms with E-state index in [9.17, 15) is 23.1 Å². The average Bonchev–Trinajstić information content (AvgIpc) is 3.29. The van der Waals surface area contributed by atoms with Crippen molar-refractivity contribution in [1.29, 1.82) is 0 Å². The zero-order chi connectivity index (χ0) is 17.2. The molecular formula is C16H17ClF3NO2. The number of aliphatic hydroxyl groups is 1. The number of alkyl halides is 3. The van der Waals surface area contributed by atoms with Crippen molar-refractivity contribution in [1.82, 2.24) is 4.90 Å². The van der Waals surface area contributed by atoms with Crippen LogP contribution in [-0.4, -0.2) is 41.8 Å².